The SMILES string of the molecule is CCOc1ccccc1C(CC(=O)NC(C)(CC(=O)O)C(C)C)NC(C)=O. The van der Waals surface area contributed by atoms with Crippen LogP contribution in [-0.2, 0) is 14.4 Å². The summed E-state index contributed by atoms with van der Waals surface area (Å²) in [5.41, 5.74) is -0.183. The van der Waals surface area contributed by atoms with Crippen molar-refractivity contribution in [2.24, 2.45) is 5.92 Å². The van der Waals surface area contributed by atoms with Crippen molar-refractivity contribution in [3.05, 3.63) is 29.8 Å². The van der Waals surface area contributed by atoms with Gasteiger partial charge in [0.15, 0.2) is 0 Å². The smallest absolute Gasteiger partial charge is 0.305 e. The van der Waals surface area contributed by atoms with Gasteiger partial charge in [0.25, 0.3) is 0 Å². The molecule has 0 fully saturated rings. The van der Waals surface area contributed by atoms with Gasteiger partial charge in [0.2, 0.25) is 11.8 Å². The molecule has 1 aromatic carbocycles. The number of carbonyl (C=O) groups is 3. The zero-order valence-electron chi connectivity index (χ0n) is 16.7. The van der Waals surface area contributed by atoms with Crippen LogP contribution in [0.5, 0.6) is 5.75 Å². The first kappa shape index (κ1) is 22.5. The summed E-state index contributed by atoms with van der Waals surface area (Å²) in [5.74, 6) is -1.06. The Morgan fingerprint density at radius 3 is 2.37 bits per heavy atom. The van der Waals surface area contributed by atoms with Crippen molar-refractivity contribution in [1.82, 2.24) is 10.6 Å². The highest BCUT2D eigenvalue weighted by Crippen LogP contribution is 2.28. The third-order valence-electron chi connectivity index (χ3n) is 4.58. The van der Waals surface area contributed by atoms with E-state index >= 15 is 0 Å². The summed E-state index contributed by atoms with van der Waals surface area (Å²) in [7, 11) is 0. The average molecular weight is 378 g/mol. The van der Waals surface area contributed by atoms with E-state index in [-0.39, 0.29) is 30.6 Å². The summed E-state index contributed by atoms with van der Waals surface area (Å²) in [5, 5.41) is 14.8. The molecule has 150 valence electrons. The van der Waals surface area contributed by atoms with Gasteiger partial charge in [0.05, 0.1) is 25.5 Å². The maximum absolute atomic E-state index is 12.7. The van der Waals surface area contributed by atoms with E-state index in [1.807, 2.05) is 32.9 Å². The lowest BCUT2D eigenvalue weighted by Gasteiger charge is -2.34. The molecule has 27 heavy (non-hydrogen) atoms. The van der Waals surface area contributed by atoms with Crippen molar-refractivity contribution in [2.45, 2.75) is 59.0 Å². The van der Waals surface area contributed by atoms with Crippen LogP contribution in [0.15, 0.2) is 24.3 Å². The standard InChI is InChI=1S/C20H30N2O5/c1-6-27-17-10-8-7-9-15(17)16(21-14(4)23)11-18(24)22-20(5,13(2)3)12-19(25)26/h7-10,13,16H,6,11-12H2,1-5H3,(H,21,23)(H,22,24)(H,25,26). The van der Waals surface area contributed by atoms with Gasteiger partial charge in [-0.25, -0.2) is 0 Å². The van der Waals surface area contributed by atoms with E-state index in [9.17, 15) is 14.4 Å². The van der Waals surface area contributed by atoms with Gasteiger partial charge in [0.1, 0.15) is 5.75 Å². The van der Waals surface area contributed by atoms with Gasteiger partial charge in [-0.05, 0) is 25.8 Å². The number of carboxylic acid groups (broad SMARTS) is 1. The lowest BCUT2D eigenvalue weighted by atomic mass is 9.85. The Balaban J connectivity index is 3.05. The minimum absolute atomic E-state index is 0.0222. The molecule has 3 N–H and O–H groups in total. The van der Waals surface area contributed by atoms with Crippen molar-refractivity contribution in [1.29, 1.82) is 0 Å². The molecule has 0 heterocycles. The van der Waals surface area contributed by atoms with Crippen LogP contribution in [-0.4, -0.2) is 35.0 Å². The van der Waals surface area contributed by atoms with Gasteiger partial charge in [-0.1, -0.05) is 32.0 Å². The maximum Gasteiger partial charge on any atom is 0.305 e. The quantitative estimate of drug-likeness (QED) is 0.580. The van der Waals surface area contributed by atoms with Crippen molar-refractivity contribution in [3.63, 3.8) is 0 Å². The molecule has 2 unspecified atom stereocenters. The summed E-state index contributed by atoms with van der Waals surface area (Å²) < 4.78 is 5.61. The Labute approximate surface area is 160 Å². The monoisotopic (exact) mass is 378 g/mol. The molecule has 0 radical (unpaired) electrons. The van der Waals surface area contributed by atoms with E-state index in [0.717, 1.165) is 0 Å². The van der Waals surface area contributed by atoms with Gasteiger partial charge in [-0.3, -0.25) is 14.4 Å². The highest BCUT2D eigenvalue weighted by atomic mass is 16.5. The fourth-order valence-corrected chi connectivity index (χ4v) is 2.80. The number of hydrogen-bond acceptors (Lipinski definition) is 4. The van der Waals surface area contributed by atoms with E-state index in [4.69, 9.17) is 9.84 Å². The van der Waals surface area contributed by atoms with E-state index < -0.39 is 17.6 Å². The molecule has 1 aromatic rings. The second-order valence-electron chi connectivity index (χ2n) is 7.12. The Bertz CT molecular complexity index is 674. The topological polar surface area (TPSA) is 105 Å². The van der Waals surface area contributed by atoms with Gasteiger partial charge >= 0.3 is 5.97 Å². The van der Waals surface area contributed by atoms with Crippen LogP contribution in [0.2, 0.25) is 0 Å². The summed E-state index contributed by atoms with van der Waals surface area (Å²) in [4.78, 5) is 35.5. The second-order valence-corrected chi connectivity index (χ2v) is 7.12. The van der Waals surface area contributed by atoms with Crippen LogP contribution in [0.3, 0.4) is 0 Å². The van der Waals surface area contributed by atoms with E-state index in [2.05, 4.69) is 10.6 Å². The number of carbonyl (C=O) groups excluding carboxylic acids is 2. The first-order chi connectivity index (χ1) is 12.6. The Morgan fingerprint density at radius 1 is 1.22 bits per heavy atom. The second kappa shape index (κ2) is 9.94. The number of nitrogens with one attached hydrogen (secondary N) is 2. The number of amides is 2. The summed E-state index contributed by atoms with van der Waals surface area (Å²) in [6.45, 7) is 9.14. The third-order valence-corrected chi connectivity index (χ3v) is 4.58. The van der Waals surface area contributed by atoms with Crippen molar-refractivity contribution in [2.75, 3.05) is 6.61 Å². The molecular weight excluding hydrogens is 348 g/mol. The Morgan fingerprint density at radius 2 is 1.85 bits per heavy atom. The van der Waals surface area contributed by atoms with Crippen LogP contribution in [0.1, 0.15) is 59.1 Å². The average Bonchev–Trinajstić information content (AvgIpc) is 2.53. The van der Waals surface area contributed by atoms with Gasteiger partial charge in [0, 0.05) is 18.0 Å². The number of rotatable bonds is 10. The predicted octanol–water partition coefficient (Wildman–Crippen LogP) is 2.66. The summed E-state index contributed by atoms with van der Waals surface area (Å²) >= 11 is 0. The lowest BCUT2D eigenvalue weighted by molar-refractivity contribution is -0.139. The van der Waals surface area contributed by atoms with Crippen LogP contribution in [0.4, 0.5) is 0 Å². The molecule has 2 atom stereocenters. The minimum Gasteiger partial charge on any atom is -0.494 e. The van der Waals surface area contributed by atoms with Crippen molar-refractivity contribution < 1.29 is 24.2 Å². The Hall–Kier alpha value is -2.57. The lowest BCUT2D eigenvalue weighted by Crippen LogP contribution is -2.52. The van der Waals surface area contributed by atoms with Crippen molar-refractivity contribution >= 4 is 17.8 Å². The molecule has 7 heteroatoms. The van der Waals surface area contributed by atoms with Crippen LogP contribution >= 0.6 is 0 Å². The number of carboxylic acids is 1. The minimum atomic E-state index is -0.980. The molecule has 7 nitrogen and oxygen atoms in total. The van der Waals surface area contributed by atoms with Crippen LogP contribution < -0.4 is 15.4 Å². The normalized spacial score (nSPS) is 14.1. The fraction of sp³-hybridized carbons (Fsp3) is 0.550. The zero-order valence-corrected chi connectivity index (χ0v) is 16.7. The number of para-hydroxylation sites is 1. The molecule has 0 saturated heterocycles. The van der Waals surface area contributed by atoms with E-state index in [1.54, 1.807) is 19.1 Å². The molecule has 0 aliphatic heterocycles. The Kier molecular flexibility index (Phi) is 8.28. The highest BCUT2D eigenvalue weighted by Gasteiger charge is 2.33. The fourth-order valence-electron chi connectivity index (χ4n) is 2.80. The number of benzene rings is 1. The van der Waals surface area contributed by atoms with Crippen LogP contribution in [0, 0.1) is 5.92 Å². The van der Waals surface area contributed by atoms with E-state index in [0.29, 0.717) is 17.9 Å². The third kappa shape index (κ3) is 6.92. The largest absolute Gasteiger partial charge is 0.494 e. The van der Waals surface area contributed by atoms with E-state index in [1.165, 1.54) is 6.92 Å². The molecule has 0 aliphatic rings. The number of ether oxygens (including phenoxy) is 1. The molecule has 1 rings (SSSR count). The number of aliphatic carboxylic acids is 1. The molecule has 2 amide bonds. The first-order valence-corrected chi connectivity index (χ1v) is 9.10. The molecule has 0 aromatic heterocycles. The maximum atomic E-state index is 12.7. The molecule has 0 bridgehead atoms. The van der Waals surface area contributed by atoms with Gasteiger partial charge in [-0.15, -0.1) is 0 Å². The summed E-state index contributed by atoms with van der Waals surface area (Å²) in [6.07, 6.45) is -0.206. The van der Waals surface area contributed by atoms with Gasteiger partial charge in [-0.2, -0.15) is 0 Å². The predicted molar refractivity (Wildman–Crippen MR) is 102 cm³/mol. The number of hydrogen-bond donors (Lipinski definition) is 3. The zero-order chi connectivity index (χ0) is 20.6. The highest BCUT2D eigenvalue weighted by molar-refractivity contribution is 5.81. The molecule has 0 spiro atoms. The molecule has 0 saturated carbocycles. The van der Waals surface area contributed by atoms with Crippen molar-refractivity contribution in [3.8, 4) is 5.75 Å². The molecular formula is C20H30N2O5. The molecule has 0 aliphatic carbocycles. The van der Waals surface area contributed by atoms with Crippen LogP contribution in [0.25, 0.3) is 0 Å². The summed E-state index contributed by atoms with van der Waals surface area (Å²) in [6, 6.07) is 6.65. The first-order valence-electron chi connectivity index (χ1n) is 9.10. The van der Waals surface area contributed by atoms with Gasteiger partial charge < -0.3 is 20.5 Å².